The topological polar surface area (TPSA) is 15.3 Å². The second kappa shape index (κ2) is 4.02. The van der Waals surface area contributed by atoms with Gasteiger partial charge in [-0.05, 0) is 43.2 Å². The van der Waals surface area contributed by atoms with E-state index in [4.69, 9.17) is 12.2 Å². The molecule has 1 aliphatic rings. The Morgan fingerprint density at radius 1 is 1.29 bits per heavy atom. The van der Waals surface area contributed by atoms with Gasteiger partial charge in [0.25, 0.3) is 0 Å². The summed E-state index contributed by atoms with van der Waals surface area (Å²) in [6.45, 7) is 2.00. The van der Waals surface area contributed by atoms with E-state index in [0.717, 1.165) is 16.5 Å². The second-order valence-corrected chi connectivity index (χ2v) is 4.16. The van der Waals surface area contributed by atoms with Crippen molar-refractivity contribution in [2.45, 2.75) is 6.92 Å². The highest BCUT2D eigenvalue weighted by molar-refractivity contribution is 8.05. The van der Waals surface area contributed by atoms with Crippen molar-refractivity contribution in [3.63, 3.8) is 0 Å². The molecule has 0 amide bonds. The number of hydrogen-bond donors (Lipinski definition) is 1. The van der Waals surface area contributed by atoms with E-state index in [1.54, 1.807) is 11.9 Å². The molecular weight excluding hydrogens is 212 g/mol. The van der Waals surface area contributed by atoms with Crippen molar-refractivity contribution in [1.82, 2.24) is 5.32 Å². The molecular formula is C10H10N2S2. The van der Waals surface area contributed by atoms with Crippen molar-refractivity contribution >= 4 is 35.0 Å². The third kappa shape index (κ3) is 1.91. The summed E-state index contributed by atoms with van der Waals surface area (Å²) in [7, 11) is 0. The van der Waals surface area contributed by atoms with Gasteiger partial charge in [0.05, 0.1) is 5.69 Å². The average molecular weight is 222 g/mol. The van der Waals surface area contributed by atoms with Gasteiger partial charge in [-0.1, -0.05) is 18.2 Å². The first-order chi connectivity index (χ1) is 6.77. The Kier molecular flexibility index (Phi) is 2.74. The van der Waals surface area contributed by atoms with Gasteiger partial charge < -0.3 is 5.32 Å². The molecule has 72 valence electrons. The van der Waals surface area contributed by atoms with Gasteiger partial charge in [-0.15, -0.1) is 0 Å². The summed E-state index contributed by atoms with van der Waals surface area (Å²) in [5, 5.41) is 5.91. The van der Waals surface area contributed by atoms with Crippen LogP contribution in [0.4, 0.5) is 5.69 Å². The van der Waals surface area contributed by atoms with E-state index < -0.39 is 0 Å². The molecule has 1 N–H and O–H groups in total. The fourth-order valence-corrected chi connectivity index (χ4v) is 2.27. The molecule has 0 aliphatic carbocycles. The SMILES string of the molecule is CC1=CSN(c2ccccc2)C(=S)N1. The summed E-state index contributed by atoms with van der Waals surface area (Å²) in [5.74, 6) is 0. The molecule has 0 saturated carbocycles. The van der Waals surface area contributed by atoms with Crippen molar-refractivity contribution in [1.29, 1.82) is 0 Å². The van der Waals surface area contributed by atoms with Gasteiger partial charge >= 0.3 is 0 Å². The highest BCUT2D eigenvalue weighted by Gasteiger charge is 2.15. The molecule has 1 aromatic rings. The van der Waals surface area contributed by atoms with E-state index in [2.05, 4.69) is 5.32 Å². The first-order valence-corrected chi connectivity index (χ1v) is 5.51. The van der Waals surface area contributed by atoms with Gasteiger partial charge in [0.1, 0.15) is 0 Å². The van der Waals surface area contributed by atoms with Crippen LogP contribution in [0.25, 0.3) is 0 Å². The number of nitrogens with one attached hydrogen (secondary N) is 1. The molecule has 0 spiro atoms. The lowest BCUT2D eigenvalue weighted by molar-refractivity contribution is 1.12. The zero-order chi connectivity index (χ0) is 9.97. The predicted octanol–water partition coefficient (Wildman–Crippen LogP) is 2.89. The maximum atomic E-state index is 5.24. The van der Waals surface area contributed by atoms with Gasteiger partial charge in [0.15, 0.2) is 5.11 Å². The highest BCUT2D eigenvalue weighted by atomic mass is 32.2. The van der Waals surface area contributed by atoms with Crippen molar-refractivity contribution in [2.75, 3.05) is 4.31 Å². The van der Waals surface area contributed by atoms with Crippen LogP contribution >= 0.6 is 24.2 Å². The Morgan fingerprint density at radius 3 is 2.64 bits per heavy atom. The molecule has 2 nitrogen and oxygen atoms in total. The van der Waals surface area contributed by atoms with Gasteiger partial charge in [0.2, 0.25) is 0 Å². The van der Waals surface area contributed by atoms with Crippen LogP contribution in [0.3, 0.4) is 0 Å². The number of thiocarbonyl (C=S) groups is 1. The molecule has 1 aromatic carbocycles. The fraction of sp³-hybridized carbons (Fsp3) is 0.100. The zero-order valence-corrected chi connectivity index (χ0v) is 9.36. The molecule has 1 aliphatic heterocycles. The van der Waals surface area contributed by atoms with Crippen LogP contribution in [0.2, 0.25) is 0 Å². The van der Waals surface area contributed by atoms with E-state index in [1.807, 2.05) is 47.0 Å². The van der Waals surface area contributed by atoms with Crippen LogP contribution in [0.15, 0.2) is 41.4 Å². The minimum atomic E-state index is 0.737. The first kappa shape index (κ1) is 9.55. The lowest BCUT2D eigenvalue weighted by Crippen LogP contribution is -2.36. The third-order valence-electron chi connectivity index (χ3n) is 1.81. The average Bonchev–Trinajstić information content (AvgIpc) is 2.19. The van der Waals surface area contributed by atoms with Gasteiger partial charge in [-0.3, -0.25) is 4.31 Å². The van der Waals surface area contributed by atoms with Crippen molar-refractivity contribution in [3.8, 4) is 0 Å². The largest absolute Gasteiger partial charge is 0.335 e. The second-order valence-electron chi connectivity index (χ2n) is 2.97. The summed E-state index contributed by atoms with van der Waals surface area (Å²) in [6, 6.07) is 10.1. The molecule has 0 radical (unpaired) electrons. The van der Waals surface area contributed by atoms with Crippen LogP contribution in [0.5, 0.6) is 0 Å². The summed E-state index contributed by atoms with van der Waals surface area (Å²) in [5.41, 5.74) is 2.19. The molecule has 2 rings (SSSR count). The minimum absolute atomic E-state index is 0.737. The maximum absolute atomic E-state index is 5.24. The molecule has 0 fully saturated rings. The molecule has 0 saturated heterocycles. The summed E-state index contributed by atoms with van der Waals surface area (Å²) < 4.78 is 1.99. The Labute approximate surface area is 93.1 Å². The molecule has 0 unspecified atom stereocenters. The number of allylic oxidation sites excluding steroid dienone is 1. The quantitative estimate of drug-likeness (QED) is 0.580. The lowest BCUT2D eigenvalue weighted by Gasteiger charge is -2.27. The van der Waals surface area contributed by atoms with E-state index in [0.29, 0.717) is 0 Å². The predicted molar refractivity (Wildman–Crippen MR) is 66.0 cm³/mol. The van der Waals surface area contributed by atoms with Crippen LogP contribution in [0.1, 0.15) is 6.92 Å². The smallest absolute Gasteiger partial charge is 0.188 e. The number of benzene rings is 1. The lowest BCUT2D eigenvalue weighted by atomic mass is 10.3. The van der Waals surface area contributed by atoms with Crippen LogP contribution < -0.4 is 9.62 Å². The molecule has 14 heavy (non-hydrogen) atoms. The third-order valence-corrected chi connectivity index (χ3v) is 3.28. The van der Waals surface area contributed by atoms with Crippen molar-refractivity contribution in [2.24, 2.45) is 0 Å². The Hall–Kier alpha value is -1.00. The standard InChI is InChI=1S/C10H10N2S2/c1-8-7-14-12(10(13)11-8)9-5-3-2-4-6-9/h2-7H,1H3,(H,11,13). The number of hydrogen-bond acceptors (Lipinski definition) is 2. The number of nitrogens with zero attached hydrogens (tertiary/aromatic N) is 1. The maximum Gasteiger partial charge on any atom is 0.188 e. The molecule has 0 aromatic heterocycles. The Balaban J connectivity index is 2.25. The van der Waals surface area contributed by atoms with E-state index in [1.165, 1.54) is 0 Å². The van der Waals surface area contributed by atoms with E-state index >= 15 is 0 Å². The fourth-order valence-electron chi connectivity index (χ4n) is 1.17. The first-order valence-electron chi connectivity index (χ1n) is 4.27. The Morgan fingerprint density at radius 2 is 2.00 bits per heavy atom. The van der Waals surface area contributed by atoms with Crippen molar-refractivity contribution < 1.29 is 0 Å². The molecule has 0 atom stereocenters. The number of rotatable bonds is 1. The summed E-state index contributed by atoms with van der Waals surface area (Å²) in [6.07, 6.45) is 0. The summed E-state index contributed by atoms with van der Waals surface area (Å²) in [4.78, 5) is 0. The van der Waals surface area contributed by atoms with Crippen molar-refractivity contribution in [3.05, 3.63) is 41.4 Å². The summed E-state index contributed by atoms with van der Waals surface area (Å²) >= 11 is 6.84. The Bertz CT molecular complexity index is 373. The number of para-hydroxylation sites is 1. The highest BCUT2D eigenvalue weighted by Crippen LogP contribution is 2.26. The van der Waals surface area contributed by atoms with Gasteiger partial charge in [0, 0.05) is 11.1 Å². The molecule has 0 bridgehead atoms. The normalized spacial score (nSPS) is 16.2. The molecule has 1 heterocycles. The van der Waals surface area contributed by atoms with Gasteiger partial charge in [-0.25, -0.2) is 0 Å². The minimum Gasteiger partial charge on any atom is -0.335 e. The zero-order valence-electron chi connectivity index (χ0n) is 7.73. The van der Waals surface area contributed by atoms with E-state index in [-0.39, 0.29) is 0 Å². The van der Waals surface area contributed by atoms with Crippen LogP contribution in [-0.4, -0.2) is 5.11 Å². The van der Waals surface area contributed by atoms with E-state index in [9.17, 15) is 0 Å². The molecule has 4 heteroatoms. The van der Waals surface area contributed by atoms with Crippen LogP contribution in [-0.2, 0) is 0 Å². The van der Waals surface area contributed by atoms with Gasteiger partial charge in [-0.2, -0.15) is 0 Å². The number of anilines is 1. The monoisotopic (exact) mass is 222 g/mol. The van der Waals surface area contributed by atoms with Crippen LogP contribution in [0, 0.1) is 0 Å².